The molecule has 1 heterocycles. The first-order chi connectivity index (χ1) is 9.16. The minimum atomic E-state index is 0.0248. The Bertz CT molecular complexity index is 286. The molecule has 0 aromatic rings. The first-order valence-electron chi connectivity index (χ1n) is 8.07. The van der Waals surface area contributed by atoms with Gasteiger partial charge < -0.3 is 10.1 Å². The van der Waals surface area contributed by atoms with Gasteiger partial charge in [0.25, 0.3) is 0 Å². The van der Waals surface area contributed by atoms with Crippen molar-refractivity contribution in [3.8, 4) is 0 Å². The molecule has 2 fully saturated rings. The Labute approximate surface area is 117 Å². The molecule has 1 saturated carbocycles. The van der Waals surface area contributed by atoms with Crippen LogP contribution in [0.3, 0.4) is 0 Å². The number of carbonyl (C=O) groups excluding carboxylic acids is 1. The highest BCUT2D eigenvalue weighted by molar-refractivity contribution is 5.69. The van der Waals surface area contributed by atoms with Crippen molar-refractivity contribution >= 4 is 5.97 Å². The Morgan fingerprint density at radius 2 is 2.05 bits per heavy atom. The smallest absolute Gasteiger partial charge is 0.306 e. The summed E-state index contributed by atoms with van der Waals surface area (Å²) in [5.74, 6) is 1.66. The molecule has 0 amide bonds. The van der Waals surface area contributed by atoms with E-state index in [1.807, 2.05) is 0 Å². The Hall–Kier alpha value is -0.570. The molecule has 2 rings (SSSR count). The molecule has 0 bridgehead atoms. The first-order valence-corrected chi connectivity index (χ1v) is 8.07. The maximum atomic E-state index is 12.1. The Balaban J connectivity index is 1.73. The van der Waals surface area contributed by atoms with Crippen molar-refractivity contribution in [2.75, 3.05) is 13.1 Å². The third-order valence-corrected chi connectivity index (χ3v) is 4.94. The van der Waals surface area contributed by atoms with Crippen LogP contribution in [0.4, 0.5) is 0 Å². The van der Waals surface area contributed by atoms with Crippen molar-refractivity contribution in [2.45, 2.75) is 64.9 Å². The van der Waals surface area contributed by atoms with Gasteiger partial charge in [-0.15, -0.1) is 0 Å². The summed E-state index contributed by atoms with van der Waals surface area (Å²) in [5, 5.41) is 3.43. The van der Waals surface area contributed by atoms with Crippen LogP contribution in [-0.4, -0.2) is 25.2 Å². The van der Waals surface area contributed by atoms with Crippen molar-refractivity contribution in [2.24, 2.45) is 17.8 Å². The number of piperidine rings is 1. The SMILES string of the molecule is CC(CC(=O)OC1CCCCC1C)C1CCCNC1. The van der Waals surface area contributed by atoms with Crippen LogP contribution < -0.4 is 5.32 Å². The van der Waals surface area contributed by atoms with Crippen LogP contribution in [0, 0.1) is 17.8 Å². The summed E-state index contributed by atoms with van der Waals surface area (Å²) in [6.45, 7) is 6.61. The van der Waals surface area contributed by atoms with Gasteiger partial charge >= 0.3 is 5.97 Å². The minimum absolute atomic E-state index is 0.0248. The van der Waals surface area contributed by atoms with E-state index in [1.54, 1.807) is 0 Å². The van der Waals surface area contributed by atoms with Crippen LogP contribution in [0.25, 0.3) is 0 Å². The zero-order chi connectivity index (χ0) is 13.7. The van der Waals surface area contributed by atoms with Gasteiger partial charge in [-0.2, -0.15) is 0 Å². The molecule has 0 aromatic heterocycles. The molecule has 2 aliphatic rings. The van der Waals surface area contributed by atoms with Crippen molar-refractivity contribution < 1.29 is 9.53 Å². The maximum absolute atomic E-state index is 12.1. The molecule has 110 valence electrons. The van der Waals surface area contributed by atoms with Crippen molar-refractivity contribution in [1.29, 1.82) is 0 Å². The van der Waals surface area contributed by atoms with Crippen LogP contribution in [-0.2, 0) is 9.53 Å². The van der Waals surface area contributed by atoms with Gasteiger partial charge in [-0.3, -0.25) is 4.79 Å². The van der Waals surface area contributed by atoms with Crippen LogP contribution in [0.1, 0.15) is 58.8 Å². The lowest BCUT2D eigenvalue weighted by molar-refractivity contribution is -0.154. The number of nitrogens with one attached hydrogen (secondary N) is 1. The largest absolute Gasteiger partial charge is 0.462 e. The second-order valence-electron chi connectivity index (χ2n) is 6.58. The Morgan fingerprint density at radius 3 is 2.74 bits per heavy atom. The second kappa shape index (κ2) is 7.28. The molecule has 0 radical (unpaired) electrons. The number of esters is 1. The number of carbonyl (C=O) groups is 1. The van der Waals surface area contributed by atoms with Gasteiger partial charge in [-0.25, -0.2) is 0 Å². The summed E-state index contributed by atoms with van der Waals surface area (Å²) in [5.41, 5.74) is 0. The van der Waals surface area contributed by atoms with Crippen LogP contribution in [0.2, 0.25) is 0 Å². The van der Waals surface area contributed by atoms with E-state index in [-0.39, 0.29) is 12.1 Å². The lowest BCUT2D eigenvalue weighted by atomic mass is 9.85. The highest BCUT2D eigenvalue weighted by Crippen LogP contribution is 2.28. The van der Waals surface area contributed by atoms with E-state index >= 15 is 0 Å². The van der Waals surface area contributed by atoms with E-state index in [2.05, 4.69) is 19.2 Å². The maximum Gasteiger partial charge on any atom is 0.306 e. The minimum Gasteiger partial charge on any atom is -0.462 e. The van der Waals surface area contributed by atoms with Crippen molar-refractivity contribution in [3.05, 3.63) is 0 Å². The van der Waals surface area contributed by atoms with E-state index in [1.165, 1.54) is 32.1 Å². The average molecular weight is 267 g/mol. The lowest BCUT2D eigenvalue weighted by Crippen LogP contribution is -2.35. The standard InChI is InChI=1S/C16H29NO2/c1-12-6-3-4-8-15(12)19-16(18)10-13(2)14-7-5-9-17-11-14/h12-15,17H,3-11H2,1-2H3. The number of hydrogen-bond donors (Lipinski definition) is 1. The van der Waals surface area contributed by atoms with Gasteiger partial charge in [0.15, 0.2) is 0 Å². The Morgan fingerprint density at radius 1 is 1.26 bits per heavy atom. The summed E-state index contributed by atoms with van der Waals surface area (Å²) in [7, 11) is 0. The molecule has 1 saturated heterocycles. The van der Waals surface area contributed by atoms with E-state index in [4.69, 9.17) is 4.74 Å². The molecule has 0 aromatic carbocycles. The summed E-state index contributed by atoms with van der Waals surface area (Å²) in [6, 6.07) is 0. The fourth-order valence-electron chi connectivity index (χ4n) is 3.47. The highest BCUT2D eigenvalue weighted by Gasteiger charge is 2.27. The molecule has 1 aliphatic carbocycles. The quantitative estimate of drug-likeness (QED) is 0.795. The van der Waals surface area contributed by atoms with E-state index in [9.17, 15) is 4.79 Å². The predicted molar refractivity (Wildman–Crippen MR) is 76.9 cm³/mol. The van der Waals surface area contributed by atoms with Crippen molar-refractivity contribution in [1.82, 2.24) is 5.32 Å². The molecular formula is C16H29NO2. The van der Waals surface area contributed by atoms with Gasteiger partial charge in [-0.1, -0.05) is 20.3 Å². The van der Waals surface area contributed by atoms with E-state index in [0.717, 1.165) is 19.5 Å². The fraction of sp³-hybridized carbons (Fsp3) is 0.938. The average Bonchev–Trinajstić information content (AvgIpc) is 2.42. The third kappa shape index (κ3) is 4.48. The predicted octanol–water partition coefficient (Wildman–Crippen LogP) is 3.13. The molecule has 19 heavy (non-hydrogen) atoms. The molecule has 4 unspecified atom stereocenters. The summed E-state index contributed by atoms with van der Waals surface area (Å²) >= 11 is 0. The monoisotopic (exact) mass is 267 g/mol. The third-order valence-electron chi connectivity index (χ3n) is 4.94. The molecule has 4 atom stereocenters. The molecule has 3 heteroatoms. The molecule has 1 N–H and O–H groups in total. The molecule has 3 nitrogen and oxygen atoms in total. The van der Waals surface area contributed by atoms with Crippen LogP contribution in [0.5, 0.6) is 0 Å². The molecule has 1 aliphatic heterocycles. The zero-order valence-electron chi connectivity index (χ0n) is 12.5. The number of hydrogen-bond acceptors (Lipinski definition) is 3. The Kier molecular flexibility index (Phi) is 5.68. The number of ether oxygens (including phenoxy) is 1. The van der Waals surface area contributed by atoms with Gasteiger partial charge in [0, 0.05) is 6.42 Å². The summed E-state index contributed by atoms with van der Waals surface area (Å²) in [4.78, 5) is 12.1. The van der Waals surface area contributed by atoms with Gasteiger partial charge in [0.2, 0.25) is 0 Å². The van der Waals surface area contributed by atoms with Gasteiger partial charge in [0.05, 0.1) is 0 Å². The fourth-order valence-corrected chi connectivity index (χ4v) is 3.47. The lowest BCUT2D eigenvalue weighted by Gasteiger charge is -2.30. The zero-order valence-corrected chi connectivity index (χ0v) is 12.5. The topological polar surface area (TPSA) is 38.3 Å². The summed E-state index contributed by atoms with van der Waals surface area (Å²) in [6.07, 6.45) is 8.04. The van der Waals surface area contributed by atoms with Crippen LogP contribution in [0.15, 0.2) is 0 Å². The molecule has 0 spiro atoms. The highest BCUT2D eigenvalue weighted by atomic mass is 16.5. The van der Waals surface area contributed by atoms with Crippen molar-refractivity contribution in [3.63, 3.8) is 0 Å². The summed E-state index contributed by atoms with van der Waals surface area (Å²) < 4.78 is 5.71. The van der Waals surface area contributed by atoms with Gasteiger partial charge in [-0.05, 0) is 62.9 Å². The van der Waals surface area contributed by atoms with E-state index < -0.39 is 0 Å². The molecular weight excluding hydrogens is 238 g/mol. The van der Waals surface area contributed by atoms with Gasteiger partial charge in [0.1, 0.15) is 6.10 Å². The van der Waals surface area contributed by atoms with E-state index in [0.29, 0.717) is 24.2 Å². The first kappa shape index (κ1) is 14.8. The normalized spacial score (nSPS) is 33.7. The number of rotatable bonds is 4. The van der Waals surface area contributed by atoms with Crippen LogP contribution >= 0.6 is 0 Å². The second-order valence-corrected chi connectivity index (χ2v) is 6.58.